The number of nitrogens with one attached hydrogen (secondary N) is 3. The molecule has 0 saturated carbocycles. The lowest BCUT2D eigenvalue weighted by Gasteiger charge is -2.37. The topological polar surface area (TPSA) is 137 Å². The number of pyridine rings is 1. The van der Waals surface area contributed by atoms with Gasteiger partial charge in [-0.05, 0) is 32.1 Å². The zero-order valence-electron chi connectivity index (χ0n) is 18.4. The van der Waals surface area contributed by atoms with E-state index in [2.05, 4.69) is 25.9 Å². The van der Waals surface area contributed by atoms with E-state index in [1.807, 2.05) is 11.9 Å². The normalized spacial score (nSPS) is 20.2. The van der Waals surface area contributed by atoms with Crippen molar-refractivity contribution in [2.45, 2.75) is 31.5 Å². The first kappa shape index (κ1) is 24.0. The maximum Gasteiger partial charge on any atom is 0.314 e. The molecule has 0 aliphatic carbocycles. The second-order valence-corrected chi connectivity index (χ2v) is 9.76. The van der Waals surface area contributed by atoms with Gasteiger partial charge < -0.3 is 25.8 Å². The highest BCUT2D eigenvalue weighted by molar-refractivity contribution is 7.13. The van der Waals surface area contributed by atoms with Gasteiger partial charge >= 0.3 is 11.8 Å². The third-order valence-corrected chi connectivity index (χ3v) is 7.03. The summed E-state index contributed by atoms with van der Waals surface area (Å²) in [6, 6.07) is 2.20. The van der Waals surface area contributed by atoms with E-state index in [4.69, 9.17) is 11.6 Å². The standard InChI is InChI=1S/C21H24ClN7O4S/c1-28-6-4-13(24-18(31)19(32)27-17-3-2-12(22)8-23-17)15(9-28)25-20(33)21-26-14-5-7-29(11-30)10-16(14)34-21/h2-3,8,11,13,15H,4-7,9-10H2,1H3,(H,24,31)(H,25,33)(H,23,27,32)/t13-,15+/m0/s1. The second-order valence-electron chi connectivity index (χ2n) is 8.24. The van der Waals surface area contributed by atoms with Crippen LogP contribution < -0.4 is 16.0 Å². The molecule has 13 heteroatoms. The number of anilines is 1. The molecule has 4 amide bonds. The number of carbonyl (C=O) groups excluding carboxylic acids is 4. The fourth-order valence-electron chi connectivity index (χ4n) is 3.92. The van der Waals surface area contributed by atoms with Gasteiger partial charge in [0.1, 0.15) is 5.82 Å². The SMILES string of the molecule is CN1CC[C@H](NC(=O)C(=O)Nc2ccc(Cl)cn2)[C@H](NC(=O)c2nc3c(s2)CN(C=O)CC3)C1. The zero-order valence-corrected chi connectivity index (χ0v) is 20.0. The molecule has 0 unspecified atom stereocenters. The van der Waals surface area contributed by atoms with Crippen molar-refractivity contribution >= 4 is 52.9 Å². The Balaban J connectivity index is 1.39. The number of nitrogens with zero attached hydrogens (tertiary/aromatic N) is 4. The van der Waals surface area contributed by atoms with Crippen LogP contribution in [-0.4, -0.2) is 82.7 Å². The number of fused-ring (bicyclic) bond motifs is 1. The Hall–Kier alpha value is -3.09. The summed E-state index contributed by atoms with van der Waals surface area (Å²) in [5, 5.41) is 8.85. The van der Waals surface area contributed by atoms with E-state index in [9.17, 15) is 19.2 Å². The lowest BCUT2D eigenvalue weighted by molar-refractivity contribution is -0.136. The predicted molar refractivity (Wildman–Crippen MR) is 125 cm³/mol. The van der Waals surface area contributed by atoms with Crippen LogP contribution in [-0.2, 0) is 27.3 Å². The lowest BCUT2D eigenvalue weighted by atomic mass is 9.99. The number of aromatic nitrogens is 2. The van der Waals surface area contributed by atoms with Crippen molar-refractivity contribution in [2.24, 2.45) is 0 Å². The molecule has 1 fully saturated rings. The molecular weight excluding hydrogens is 482 g/mol. The Bertz CT molecular complexity index is 1090. The minimum atomic E-state index is -0.855. The van der Waals surface area contributed by atoms with Crippen molar-refractivity contribution in [3.8, 4) is 0 Å². The van der Waals surface area contributed by atoms with E-state index in [0.717, 1.165) is 17.0 Å². The Kier molecular flexibility index (Phi) is 7.39. The lowest BCUT2D eigenvalue weighted by Crippen LogP contribution is -2.60. The first-order valence-electron chi connectivity index (χ1n) is 10.7. The predicted octanol–water partition coefficient (Wildman–Crippen LogP) is 0.263. The molecule has 1 saturated heterocycles. The number of hydrogen-bond donors (Lipinski definition) is 3. The molecule has 34 heavy (non-hydrogen) atoms. The Morgan fingerprint density at radius 1 is 1.18 bits per heavy atom. The molecule has 4 rings (SSSR count). The maximum absolute atomic E-state index is 12.9. The first-order valence-corrected chi connectivity index (χ1v) is 11.9. The van der Waals surface area contributed by atoms with Gasteiger partial charge in [0.25, 0.3) is 5.91 Å². The fourth-order valence-corrected chi connectivity index (χ4v) is 5.07. The van der Waals surface area contributed by atoms with Crippen LogP contribution in [0, 0.1) is 0 Å². The highest BCUT2D eigenvalue weighted by Gasteiger charge is 2.33. The minimum Gasteiger partial charge on any atom is -0.344 e. The van der Waals surface area contributed by atoms with Crippen LogP contribution in [0.3, 0.4) is 0 Å². The molecule has 3 N–H and O–H groups in total. The number of thiazole rings is 1. The Morgan fingerprint density at radius 2 is 2.00 bits per heavy atom. The molecular formula is C21H24ClN7O4S. The molecule has 2 atom stereocenters. The fraction of sp³-hybridized carbons (Fsp3) is 0.429. The maximum atomic E-state index is 12.9. The van der Waals surface area contributed by atoms with Crippen LogP contribution >= 0.6 is 22.9 Å². The summed E-state index contributed by atoms with van der Waals surface area (Å²) in [7, 11) is 1.92. The van der Waals surface area contributed by atoms with Gasteiger partial charge in [-0.25, -0.2) is 9.97 Å². The van der Waals surface area contributed by atoms with Gasteiger partial charge in [0, 0.05) is 30.6 Å². The van der Waals surface area contributed by atoms with E-state index in [0.29, 0.717) is 49.1 Å². The third kappa shape index (κ3) is 5.69. The number of amides is 4. The average molecular weight is 506 g/mol. The molecule has 2 aliphatic rings. The summed E-state index contributed by atoms with van der Waals surface area (Å²) in [6.07, 6.45) is 3.33. The van der Waals surface area contributed by atoms with Crippen LogP contribution in [0.15, 0.2) is 18.3 Å². The van der Waals surface area contributed by atoms with Crippen LogP contribution in [0.5, 0.6) is 0 Å². The van der Waals surface area contributed by atoms with E-state index < -0.39 is 23.9 Å². The zero-order chi connectivity index (χ0) is 24.2. The van der Waals surface area contributed by atoms with Gasteiger partial charge in [0.05, 0.1) is 29.3 Å². The molecule has 0 spiro atoms. The molecule has 2 aromatic heterocycles. The molecule has 11 nitrogen and oxygen atoms in total. The molecule has 2 aromatic rings. The number of likely N-dealkylation sites (tertiary alicyclic amines) is 1. The van der Waals surface area contributed by atoms with Gasteiger partial charge in [0.15, 0.2) is 5.01 Å². The van der Waals surface area contributed by atoms with E-state index >= 15 is 0 Å². The van der Waals surface area contributed by atoms with Crippen molar-refractivity contribution in [3.63, 3.8) is 0 Å². The average Bonchev–Trinajstić information content (AvgIpc) is 3.25. The van der Waals surface area contributed by atoms with E-state index in [1.165, 1.54) is 23.6 Å². The van der Waals surface area contributed by atoms with Crippen molar-refractivity contribution in [2.75, 3.05) is 32.0 Å². The van der Waals surface area contributed by atoms with Gasteiger partial charge in [-0.2, -0.15) is 0 Å². The van der Waals surface area contributed by atoms with Crippen molar-refractivity contribution < 1.29 is 19.2 Å². The molecule has 4 heterocycles. The summed E-state index contributed by atoms with van der Waals surface area (Å²) >= 11 is 7.05. The quantitative estimate of drug-likeness (QED) is 0.391. The number of piperidine rings is 1. The van der Waals surface area contributed by atoms with Crippen LogP contribution in [0.1, 0.15) is 26.8 Å². The van der Waals surface area contributed by atoms with Gasteiger partial charge in [-0.3, -0.25) is 19.2 Å². The molecule has 0 radical (unpaired) electrons. The summed E-state index contributed by atoms with van der Waals surface area (Å²) in [5.41, 5.74) is 0.839. The van der Waals surface area contributed by atoms with Crippen molar-refractivity contribution in [1.29, 1.82) is 0 Å². The second kappa shape index (κ2) is 10.5. The first-order chi connectivity index (χ1) is 16.3. The number of carbonyl (C=O) groups is 4. The van der Waals surface area contributed by atoms with E-state index in [-0.39, 0.29) is 11.7 Å². The summed E-state index contributed by atoms with van der Waals surface area (Å²) < 4.78 is 0. The number of halogens is 1. The molecule has 2 aliphatic heterocycles. The van der Waals surface area contributed by atoms with Crippen molar-refractivity contribution in [3.05, 3.63) is 38.9 Å². The Labute approximate surface area is 204 Å². The number of rotatable bonds is 5. The molecule has 180 valence electrons. The monoisotopic (exact) mass is 505 g/mol. The highest BCUT2D eigenvalue weighted by atomic mass is 35.5. The largest absolute Gasteiger partial charge is 0.344 e. The van der Waals surface area contributed by atoms with Gasteiger partial charge in [-0.15, -0.1) is 11.3 Å². The van der Waals surface area contributed by atoms with Crippen LogP contribution in [0.4, 0.5) is 5.82 Å². The van der Waals surface area contributed by atoms with Crippen molar-refractivity contribution in [1.82, 2.24) is 30.4 Å². The van der Waals surface area contributed by atoms with Crippen LogP contribution in [0.2, 0.25) is 5.02 Å². The Morgan fingerprint density at radius 3 is 2.74 bits per heavy atom. The molecule has 0 bridgehead atoms. The highest BCUT2D eigenvalue weighted by Crippen LogP contribution is 2.25. The third-order valence-electron chi connectivity index (χ3n) is 5.73. The number of hydrogen-bond acceptors (Lipinski definition) is 8. The smallest absolute Gasteiger partial charge is 0.314 e. The minimum absolute atomic E-state index is 0.207. The number of likely N-dealkylation sites (N-methyl/N-ethyl adjacent to an activating group) is 1. The van der Waals surface area contributed by atoms with Gasteiger partial charge in [0.2, 0.25) is 6.41 Å². The summed E-state index contributed by atoms with van der Waals surface area (Å²) in [5.74, 6) is -1.81. The van der Waals surface area contributed by atoms with E-state index in [1.54, 1.807) is 11.0 Å². The van der Waals surface area contributed by atoms with Gasteiger partial charge in [-0.1, -0.05) is 11.6 Å². The summed E-state index contributed by atoms with van der Waals surface area (Å²) in [6.45, 7) is 2.23. The summed E-state index contributed by atoms with van der Waals surface area (Å²) in [4.78, 5) is 61.8. The van der Waals surface area contributed by atoms with Crippen LogP contribution in [0.25, 0.3) is 0 Å². The molecule has 0 aromatic carbocycles.